The minimum absolute atomic E-state index is 0.0458. The summed E-state index contributed by atoms with van der Waals surface area (Å²) in [5, 5.41) is 12.5. The van der Waals surface area contributed by atoms with E-state index in [1.54, 1.807) is 35.6 Å². The van der Waals surface area contributed by atoms with Crippen LogP contribution in [0.2, 0.25) is 0 Å². The van der Waals surface area contributed by atoms with Gasteiger partial charge in [0.1, 0.15) is 18.5 Å². The summed E-state index contributed by atoms with van der Waals surface area (Å²) in [7, 11) is -3.01. The fourth-order valence-corrected chi connectivity index (χ4v) is 5.82. The highest BCUT2D eigenvalue weighted by atomic mass is 32.2. The Morgan fingerprint density at radius 3 is 2.82 bits per heavy atom. The molecule has 2 heterocycles. The first-order valence-corrected chi connectivity index (χ1v) is 11.9. The van der Waals surface area contributed by atoms with Crippen molar-refractivity contribution in [2.45, 2.75) is 32.0 Å². The summed E-state index contributed by atoms with van der Waals surface area (Å²) in [6.07, 6.45) is -0.189. The molecule has 0 spiro atoms. The van der Waals surface area contributed by atoms with Crippen molar-refractivity contribution in [2.24, 2.45) is 0 Å². The fraction of sp³-hybridized carbons (Fsp3) is 0.450. The molecule has 0 bridgehead atoms. The summed E-state index contributed by atoms with van der Waals surface area (Å²) in [5.74, 6) is 0.811. The maximum atomic E-state index is 11.9. The molecule has 8 heteroatoms. The lowest BCUT2D eigenvalue weighted by molar-refractivity contribution is 0.0529. The van der Waals surface area contributed by atoms with Crippen LogP contribution in [0.15, 0.2) is 41.8 Å². The summed E-state index contributed by atoms with van der Waals surface area (Å²) >= 11 is 1.62. The van der Waals surface area contributed by atoms with E-state index in [4.69, 9.17) is 4.74 Å². The molecule has 6 nitrogen and oxygen atoms in total. The van der Waals surface area contributed by atoms with Gasteiger partial charge in [-0.2, -0.15) is 0 Å². The van der Waals surface area contributed by atoms with Gasteiger partial charge in [-0.25, -0.2) is 8.42 Å². The topological polar surface area (TPSA) is 83.9 Å². The Hall–Kier alpha value is -1.74. The van der Waals surface area contributed by atoms with Crippen LogP contribution < -0.4 is 4.74 Å². The molecule has 0 saturated carbocycles. The van der Waals surface area contributed by atoms with Crippen molar-refractivity contribution in [2.75, 3.05) is 24.7 Å². The quantitative estimate of drug-likeness (QED) is 0.624. The molecule has 2 aromatic rings. The number of carbonyl (C=O) groups excluding carboxylic acids is 1. The van der Waals surface area contributed by atoms with Crippen LogP contribution in [0, 0.1) is 0 Å². The Bertz CT molecular complexity index is 895. The van der Waals surface area contributed by atoms with Gasteiger partial charge in [-0.1, -0.05) is 18.2 Å². The first-order valence-electron chi connectivity index (χ1n) is 9.21. The molecule has 1 aromatic heterocycles. The Kier molecular flexibility index (Phi) is 6.87. The van der Waals surface area contributed by atoms with E-state index in [0.717, 1.165) is 4.88 Å². The third-order valence-electron chi connectivity index (χ3n) is 4.79. The number of ketones is 1. The van der Waals surface area contributed by atoms with Crippen LogP contribution >= 0.6 is 11.3 Å². The number of ether oxygens (including phenoxy) is 1. The SMILES string of the molecule is CC(=O)c1cccc(OCC(O)CN(Cc2cccs2)C2CCS(=O)(=O)C2)c1. The van der Waals surface area contributed by atoms with E-state index in [9.17, 15) is 18.3 Å². The molecule has 1 saturated heterocycles. The molecular weight excluding hydrogens is 398 g/mol. The molecule has 0 amide bonds. The van der Waals surface area contributed by atoms with Crippen LogP contribution in [0.4, 0.5) is 0 Å². The molecule has 0 radical (unpaired) electrons. The first-order chi connectivity index (χ1) is 13.3. The maximum Gasteiger partial charge on any atom is 0.159 e. The second kappa shape index (κ2) is 9.17. The van der Waals surface area contributed by atoms with Crippen LogP contribution in [0.3, 0.4) is 0 Å². The van der Waals surface area contributed by atoms with Crippen molar-refractivity contribution in [3.05, 3.63) is 52.2 Å². The van der Waals surface area contributed by atoms with Gasteiger partial charge in [0.15, 0.2) is 15.6 Å². The number of hydrogen-bond acceptors (Lipinski definition) is 7. The smallest absolute Gasteiger partial charge is 0.159 e. The molecule has 2 unspecified atom stereocenters. The van der Waals surface area contributed by atoms with E-state index in [1.807, 2.05) is 22.4 Å². The van der Waals surface area contributed by atoms with Crippen LogP contribution in [-0.4, -0.2) is 61.0 Å². The number of carbonyl (C=O) groups is 1. The molecule has 152 valence electrons. The van der Waals surface area contributed by atoms with E-state index in [2.05, 4.69) is 0 Å². The molecule has 2 atom stereocenters. The third-order valence-corrected chi connectivity index (χ3v) is 7.40. The van der Waals surface area contributed by atoms with E-state index in [0.29, 0.717) is 30.8 Å². The fourth-order valence-electron chi connectivity index (χ4n) is 3.33. The number of benzene rings is 1. The van der Waals surface area contributed by atoms with Gasteiger partial charge < -0.3 is 9.84 Å². The predicted octanol–water partition coefficient (Wildman–Crippen LogP) is 2.38. The first kappa shape index (κ1) is 21.0. The van der Waals surface area contributed by atoms with Crippen LogP contribution in [0.5, 0.6) is 5.75 Å². The predicted molar refractivity (Wildman–Crippen MR) is 110 cm³/mol. The summed E-state index contributed by atoms with van der Waals surface area (Å²) in [6.45, 7) is 2.49. The molecule has 1 fully saturated rings. The lowest BCUT2D eigenvalue weighted by atomic mass is 10.1. The van der Waals surface area contributed by atoms with Gasteiger partial charge in [0, 0.05) is 29.6 Å². The monoisotopic (exact) mass is 423 g/mol. The standard InChI is InChI=1S/C20H25NO5S2/c1-15(22)16-4-2-5-19(10-16)26-13-18(23)11-21(12-20-6-3-8-27-20)17-7-9-28(24,25)14-17/h2-6,8,10,17-18,23H,7,9,11-14H2,1H3. The molecule has 1 aliphatic rings. The normalized spacial score (nSPS) is 19.6. The van der Waals surface area contributed by atoms with Crippen molar-refractivity contribution in [3.63, 3.8) is 0 Å². The van der Waals surface area contributed by atoms with E-state index in [1.165, 1.54) is 6.92 Å². The number of aliphatic hydroxyl groups is 1. The summed E-state index contributed by atoms with van der Waals surface area (Å²) in [6, 6.07) is 10.7. The maximum absolute atomic E-state index is 11.9. The molecule has 1 aromatic carbocycles. The zero-order valence-electron chi connectivity index (χ0n) is 15.8. The zero-order chi connectivity index (χ0) is 20.1. The Morgan fingerprint density at radius 1 is 1.36 bits per heavy atom. The molecule has 0 aliphatic carbocycles. The van der Waals surface area contributed by atoms with Crippen molar-refractivity contribution in [1.29, 1.82) is 0 Å². The summed E-state index contributed by atoms with van der Waals surface area (Å²) < 4.78 is 29.4. The van der Waals surface area contributed by atoms with Crippen molar-refractivity contribution in [3.8, 4) is 5.75 Å². The highest BCUT2D eigenvalue weighted by Gasteiger charge is 2.33. The van der Waals surface area contributed by atoms with E-state index in [-0.39, 0.29) is 29.9 Å². The average Bonchev–Trinajstić information content (AvgIpc) is 3.29. The van der Waals surface area contributed by atoms with Gasteiger partial charge in [0.2, 0.25) is 0 Å². The van der Waals surface area contributed by atoms with Crippen LogP contribution in [0.25, 0.3) is 0 Å². The van der Waals surface area contributed by atoms with Crippen molar-refractivity contribution in [1.82, 2.24) is 4.90 Å². The van der Waals surface area contributed by atoms with Gasteiger partial charge in [0.05, 0.1) is 11.5 Å². The minimum atomic E-state index is -3.01. The minimum Gasteiger partial charge on any atom is -0.491 e. The van der Waals surface area contributed by atoms with Crippen LogP contribution in [-0.2, 0) is 16.4 Å². The number of thiophene rings is 1. The second-order valence-electron chi connectivity index (χ2n) is 7.11. The molecule has 1 N–H and O–H groups in total. The molecule has 3 rings (SSSR count). The van der Waals surface area contributed by atoms with E-state index < -0.39 is 15.9 Å². The lowest BCUT2D eigenvalue weighted by Crippen LogP contribution is -2.42. The zero-order valence-corrected chi connectivity index (χ0v) is 17.4. The van der Waals surface area contributed by atoms with Gasteiger partial charge in [-0.3, -0.25) is 9.69 Å². The van der Waals surface area contributed by atoms with Gasteiger partial charge >= 0.3 is 0 Å². The Morgan fingerprint density at radius 2 is 2.18 bits per heavy atom. The summed E-state index contributed by atoms with van der Waals surface area (Å²) in [4.78, 5) is 14.6. The lowest BCUT2D eigenvalue weighted by Gasteiger charge is -2.29. The number of Topliss-reactive ketones (excluding diaryl/α,β-unsaturated/α-hetero) is 1. The Balaban J connectivity index is 1.61. The second-order valence-corrected chi connectivity index (χ2v) is 10.4. The van der Waals surface area contributed by atoms with Gasteiger partial charge in [0.25, 0.3) is 0 Å². The van der Waals surface area contributed by atoms with Gasteiger partial charge in [-0.05, 0) is 36.9 Å². The highest BCUT2D eigenvalue weighted by molar-refractivity contribution is 7.91. The van der Waals surface area contributed by atoms with Gasteiger partial charge in [-0.15, -0.1) is 11.3 Å². The van der Waals surface area contributed by atoms with E-state index >= 15 is 0 Å². The van der Waals surface area contributed by atoms with Crippen LogP contribution in [0.1, 0.15) is 28.6 Å². The molecule has 1 aliphatic heterocycles. The largest absolute Gasteiger partial charge is 0.491 e. The summed E-state index contributed by atoms with van der Waals surface area (Å²) in [5.41, 5.74) is 0.558. The van der Waals surface area contributed by atoms with Crippen molar-refractivity contribution < 1.29 is 23.1 Å². The molecule has 28 heavy (non-hydrogen) atoms. The average molecular weight is 424 g/mol. The number of hydrogen-bond donors (Lipinski definition) is 1. The number of aliphatic hydroxyl groups excluding tert-OH is 1. The Labute approximate surface area is 169 Å². The number of sulfone groups is 1. The third kappa shape index (κ3) is 5.88. The number of rotatable bonds is 9. The highest BCUT2D eigenvalue weighted by Crippen LogP contribution is 2.22. The van der Waals surface area contributed by atoms with Crippen molar-refractivity contribution >= 4 is 27.0 Å². The number of nitrogens with zero attached hydrogens (tertiary/aromatic N) is 1. The molecular formula is C20H25NO5S2.